The van der Waals surface area contributed by atoms with Crippen LogP contribution < -0.4 is 11.1 Å². The van der Waals surface area contributed by atoms with Gasteiger partial charge in [0.05, 0.1) is 6.67 Å². The molecule has 0 unspecified atom stereocenters. The topological polar surface area (TPSA) is 41.3 Å². The molecule has 0 spiro atoms. The molecule has 3 N–H and O–H groups in total. The Morgan fingerprint density at radius 3 is 2.36 bits per heavy atom. The quantitative estimate of drug-likeness (QED) is 0.661. The van der Waals surface area contributed by atoms with Gasteiger partial charge in [-0.25, -0.2) is 0 Å². The molecule has 3 heteroatoms. The molecule has 0 aliphatic carbocycles. The number of nitrogens with zero attached hydrogens (tertiary/aromatic N) is 1. The van der Waals surface area contributed by atoms with Gasteiger partial charge in [0.1, 0.15) is 0 Å². The van der Waals surface area contributed by atoms with Crippen LogP contribution in [0, 0.1) is 0 Å². The standard InChI is InChI=1S/C11H19N3/c1-8(2)11(9(3)12)10(4)14-6-5-13-7-14/h13H,1,4-7,12H2,2-3H3/b11-9+. The molecule has 1 fully saturated rings. The van der Waals surface area contributed by atoms with Crippen LogP contribution in [0.3, 0.4) is 0 Å². The molecule has 0 atom stereocenters. The Labute approximate surface area is 86.0 Å². The summed E-state index contributed by atoms with van der Waals surface area (Å²) in [6.45, 7) is 14.7. The minimum atomic E-state index is 0.786. The lowest BCUT2D eigenvalue weighted by Crippen LogP contribution is -2.23. The van der Waals surface area contributed by atoms with Gasteiger partial charge < -0.3 is 10.6 Å². The monoisotopic (exact) mass is 193 g/mol. The van der Waals surface area contributed by atoms with E-state index in [9.17, 15) is 0 Å². The van der Waals surface area contributed by atoms with E-state index in [-0.39, 0.29) is 0 Å². The van der Waals surface area contributed by atoms with Gasteiger partial charge in [-0.15, -0.1) is 0 Å². The van der Waals surface area contributed by atoms with E-state index in [2.05, 4.69) is 23.4 Å². The van der Waals surface area contributed by atoms with Crippen LogP contribution in [0.2, 0.25) is 0 Å². The zero-order valence-corrected chi connectivity index (χ0v) is 9.06. The predicted octanol–water partition coefficient (Wildman–Crippen LogP) is 1.17. The second-order valence-electron chi connectivity index (χ2n) is 3.71. The van der Waals surface area contributed by atoms with Gasteiger partial charge in [-0.05, 0) is 19.4 Å². The summed E-state index contributed by atoms with van der Waals surface area (Å²) >= 11 is 0. The van der Waals surface area contributed by atoms with Crippen molar-refractivity contribution in [3.05, 3.63) is 35.7 Å². The van der Waals surface area contributed by atoms with Crippen molar-refractivity contribution >= 4 is 0 Å². The number of rotatable bonds is 3. The molecule has 0 radical (unpaired) electrons. The van der Waals surface area contributed by atoms with Crippen LogP contribution in [0.15, 0.2) is 35.7 Å². The lowest BCUT2D eigenvalue weighted by Gasteiger charge is -2.23. The summed E-state index contributed by atoms with van der Waals surface area (Å²) in [7, 11) is 0. The van der Waals surface area contributed by atoms with E-state index in [0.717, 1.165) is 42.3 Å². The Bertz CT molecular complexity index is 279. The SMILES string of the molecule is C=C(C)/C(C(=C)N1CCNC1)=C(/C)N. The molecule has 0 aromatic heterocycles. The van der Waals surface area contributed by atoms with Crippen molar-refractivity contribution in [3.63, 3.8) is 0 Å². The summed E-state index contributed by atoms with van der Waals surface area (Å²) in [5.74, 6) is 0. The van der Waals surface area contributed by atoms with Gasteiger partial charge in [0.25, 0.3) is 0 Å². The zero-order chi connectivity index (χ0) is 10.7. The van der Waals surface area contributed by atoms with E-state index < -0.39 is 0 Å². The Morgan fingerprint density at radius 1 is 1.36 bits per heavy atom. The summed E-state index contributed by atoms with van der Waals surface area (Å²) in [5.41, 5.74) is 9.55. The third kappa shape index (κ3) is 2.17. The summed E-state index contributed by atoms with van der Waals surface area (Å²) < 4.78 is 0. The number of hydrogen-bond acceptors (Lipinski definition) is 3. The van der Waals surface area contributed by atoms with Crippen molar-refractivity contribution < 1.29 is 0 Å². The average Bonchev–Trinajstić information content (AvgIpc) is 2.53. The van der Waals surface area contributed by atoms with Crippen molar-refractivity contribution in [2.24, 2.45) is 5.73 Å². The molecular formula is C11H19N3. The normalized spacial score (nSPS) is 18.0. The van der Waals surface area contributed by atoms with Crippen molar-refractivity contribution in [3.8, 4) is 0 Å². The molecular weight excluding hydrogens is 174 g/mol. The number of nitrogens with two attached hydrogens (primary N) is 1. The maximum atomic E-state index is 5.82. The predicted molar refractivity (Wildman–Crippen MR) is 60.4 cm³/mol. The van der Waals surface area contributed by atoms with Crippen molar-refractivity contribution in [1.82, 2.24) is 10.2 Å². The first-order chi connectivity index (χ1) is 6.54. The highest BCUT2D eigenvalue weighted by atomic mass is 15.3. The van der Waals surface area contributed by atoms with Gasteiger partial charge in [-0.2, -0.15) is 0 Å². The number of hydrogen-bond donors (Lipinski definition) is 2. The Balaban J connectivity index is 2.85. The molecule has 78 valence electrons. The third-order valence-electron chi connectivity index (χ3n) is 2.35. The average molecular weight is 193 g/mol. The molecule has 1 rings (SSSR count). The molecule has 14 heavy (non-hydrogen) atoms. The molecule has 0 aromatic carbocycles. The number of allylic oxidation sites excluding steroid dienone is 2. The third-order valence-corrected chi connectivity index (χ3v) is 2.35. The highest BCUT2D eigenvalue weighted by Crippen LogP contribution is 2.22. The minimum absolute atomic E-state index is 0.786. The first kappa shape index (κ1) is 10.9. The molecule has 1 heterocycles. The molecule has 0 saturated carbocycles. The van der Waals surface area contributed by atoms with Crippen LogP contribution in [0.1, 0.15) is 13.8 Å². The van der Waals surface area contributed by atoms with Crippen molar-refractivity contribution in [2.75, 3.05) is 19.8 Å². The molecule has 0 amide bonds. The maximum Gasteiger partial charge on any atom is 0.0683 e. The lowest BCUT2D eigenvalue weighted by molar-refractivity contribution is 0.430. The fourth-order valence-electron chi connectivity index (χ4n) is 1.71. The summed E-state index contributed by atoms with van der Waals surface area (Å²) in [4.78, 5) is 2.18. The van der Waals surface area contributed by atoms with Gasteiger partial charge in [0.15, 0.2) is 0 Å². The smallest absolute Gasteiger partial charge is 0.0683 e. The van der Waals surface area contributed by atoms with Gasteiger partial charge in [-0.3, -0.25) is 5.32 Å². The largest absolute Gasteiger partial charge is 0.402 e. The van der Waals surface area contributed by atoms with Crippen LogP contribution in [0.25, 0.3) is 0 Å². The molecule has 1 aliphatic heterocycles. The molecule has 1 aliphatic rings. The van der Waals surface area contributed by atoms with Crippen molar-refractivity contribution in [2.45, 2.75) is 13.8 Å². The maximum absolute atomic E-state index is 5.82. The van der Waals surface area contributed by atoms with E-state index in [1.807, 2.05) is 13.8 Å². The lowest BCUT2D eigenvalue weighted by atomic mass is 10.0. The van der Waals surface area contributed by atoms with Crippen LogP contribution in [-0.2, 0) is 0 Å². The van der Waals surface area contributed by atoms with Gasteiger partial charge in [0, 0.05) is 30.1 Å². The summed E-state index contributed by atoms with van der Waals surface area (Å²) in [6.07, 6.45) is 0. The van der Waals surface area contributed by atoms with Gasteiger partial charge in [-0.1, -0.05) is 13.2 Å². The summed E-state index contributed by atoms with van der Waals surface area (Å²) in [5, 5.41) is 3.26. The number of nitrogens with one attached hydrogen (secondary N) is 1. The Kier molecular flexibility index (Phi) is 3.36. The molecule has 3 nitrogen and oxygen atoms in total. The molecule has 1 saturated heterocycles. The first-order valence-corrected chi connectivity index (χ1v) is 4.81. The second-order valence-corrected chi connectivity index (χ2v) is 3.71. The Morgan fingerprint density at radius 2 is 2.00 bits per heavy atom. The van der Waals surface area contributed by atoms with Crippen molar-refractivity contribution in [1.29, 1.82) is 0 Å². The minimum Gasteiger partial charge on any atom is -0.402 e. The molecule has 0 aromatic rings. The fourth-order valence-corrected chi connectivity index (χ4v) is 1.71. The van der Waals surface area contributed by atoms with E-state index in [4.69, 9.17) is 5.73 Å². The fraction of sp³-hybridized carbons (Fsp3) is 0.455. The summed E-state index contributed by atoms with van der Waals surface area (Å²) in [6, 6.07) is 0. The van der Waals surface area contributed by atoms with E-state index in [0.29, 0.717) is 0 Å². The van der Waals surface area contributed by atoms with Crippen LogP contribution in [0.4, 0.5) is 0 Å². The van der Waals surface area contributed by atoms with E-state index in [1.54, 1.807) is 0 Å². The van der Waals surface area contributed by atoms with Crippen LogP contribution >= 0.6 is 0 Å². The van der Waals surface area contributed by atoms with E-state index >= 15 is 0 Å². The Hall–Kier alpha value is -1.22. The van der Waals surface area contributed by atoms with E-state index in [1.165, 1.54) is 0 Å². The highest BCUT2D eigenvalue weighted by molar-refractivity contribution is 5.44. The first-order valence-electron chi connectivity index (χ1n) is 4.81. The van der Waals surface area contributed by atoms with Crippen LogP contribution in [0.5, 0.6) is 0 Å². The molecule has 0 bridgehead atoms. The van der Waals surface area contributed by atoms with Crippen LogP contribution in [-0.4, -0.2) is 24.7 Å². The zero-order valence-electron chi connectivity index (χ0n) is 9.06. The van der Waals surface area contributed by atoms with Gasteiger partial charge >= 0.3 is 0 Å². The second kappa shape index (κ2) is 4.33. The highest BCUT2D eigenvalue weighted by Gasteiger charge is 2.17. The van der Waals surface area contributed by atoms with Gasteiger partial charge in [0.2, 0.25) is 0 Å².